The van der Waals surface area contributed by atoms with E-state index in [9.17, 15) is 14.9 Å². The molecule has 0 aromatic heterocycles. The third-order valence-corrected chi connectivity index (χ3v) is 5.96. The average molecular weight is 510 g/mol. The van der Waals surface area contributed by atoms with E-state index in [1.165, 1.54) is 30.0 Å². The number of nitro benzene ring substituents is 1. The summed E-state index contributed by atoms with van der Waals surface area (Å²) in [5.41, 5.74) is 2.33. The Bertz CT molecular complexity index is 1240. The van der Waals surface area contributed by atoms with E-state index < -0.39 is 4.92 Å². The van der Waals surface area contributed by atoms with Gasteiger partial charge in [-0.05, 0) is 63.1 Å². The summed E-state index contributed by atoms with van der Waals surface area (Å²) in [5, 5.41) is 14.0. The van der Waals surface area contributed by atoms with Crippen LogP contribution in [0.4, 0.5) is 11.4 Å². The summed E-state index contributed by atoms with van der Waals surface area (Å²) in [4.78, 5) is 27.7. The zero-order valence-electron chi connectivity index (χ0n) is 16.5. The fraction of sp³-hybridized carbons (Fsp3) is 0.0435. The molecule has 1 saturated heterocycles. The van der Waals surface area contributed by atoms with Gasteiger partial charge in [0.05, 0.1) is 20.0 Å². The molecule has 0 saturated carbocycles. The first-order valence-corrected chi connectivity index (χ1v) is 11.1. The number of nitrogens with one attached hydrogen (secondary N) is 1. The number of halogens is 1. The van der Waals surface area contributed by atoms with E-state index in [0.29, 0.717) is 32.6 Å². The van der Waals surface area contributed by atoms with E-state index in [1.807, 2.05) is 54.6 Å². The number of benzene rings is 3. The van der Waals surface area contributed by atoms with Gasteiger partial charge in [-0.15, -0.1) is 0 Å². The van der Waals surface area contributed by atoms with Gasteiger partial charge in [-0.2, -0.15) is 0 Å². The lowest BCUT2D eigenvalue weighted by atomic mass is 10.2. The van der Waals surface area contributed by atoms with Gasteiger partial charge in [0.15, 0.2) is 5.17 Å². The highest BCUT2D eigenvalue weighted by Crippen LogP contribution is 2.33. The lowest BCUT2D eigenvalue weighted by Gasteiger charge is -2.07. The largest absolute Gasteiger partial charge is 0.489 e. The van der Waals surface area contributed by atoms with E-state index in [0.717, 1.165) is 11.1 Å². The van der Waals surface area contributed by atoms with Gasteiger partial charge in [0, 0.05) is 12.1 Å². The van der Waals surface area contributed by atoms with Crippen molar-refractivity contribution < 1.29 is 14.5 Å². The zero-order valence-corrected chi connectivity index (χ0v) is 18.9. The van der Waals surface area contributed by atoms with Gasteiger partial charge >= 0.3 is 0 Å². The van der Waals surface area contributed by atoms with Gasteiger partial charge < -0.3 is 10.1 Å². The van der Waals surface area contributed by atoms with Gasteiger partial charge in [0.1, 0.15) is 12.4 Å². The van der Waals surface area contributed by atoms with Crippen molar-refractivity contribution >= 4 is 56.2 Å². The average Bonchev–Trinajstić information content (AvgIpc) is 3.13. The number of non-ortho nitro benzene ring substituents is 1. The number of rotatable bonds is 6. The second-order valence-electron chi connectivity index (χ2n) is 6.72. The van der Waals surface area contributed by atoms with Gasteiger partial charge in [-0.1, -0.05) is 42.5 Å². The Morgan fingerprint density at radius 2 is 1.91 bits per heavy atom. The van der Waals surface area contributed by atoms with E-state index in [-0.39, 0.29) is 11.6 Å². The van der Waals surface area contributed by atoms with Gasteiger partial charge in [-0.3, -0.25) is 14.9 Å². The van der Waals surface area contributed by atoms with Crippen molar-refractivity contribution in [2.24, 2.45) is 4.99 Å². The van der Waals surface area contributed by atoms with Crippen molar-refractivity contribution in [2.45, 2.75) is 6.61 Å². The summed E-state index contributed by atoms with van der Waals surface area (Å²) in [5.74, 6) is 0.442. The highest BCUT2D eigenvalue weighted by molar-refractivity contribution is 9.10. The third-order valence-electron chi connectivity index (χ3n) is 4.42. The van der Waals surface area contributed by atoms with Crippen LogP contribution in [0.15, 0.2) is 87.2 Å². The SMILES string of the molecule is O=C1NC(=Nc2ccc([N+](=O)[O-])cc2Br)S/C1=C/c1cccc(OCc2ccccc2)c1. The Morgan fingerprint density at radius 3 is 2.66 bits per heavy atom. The number of carbonyl (C=O) groups excluding carboxylic acids is 1. The molecule has 3 aromatic carbocycles. The minimum absolute atomic E-state index is 0.0427. The minimum Gasteiger partial charge on any atom is -0.489 e. The lowest BCUT2D eigenvalue weighted by molar-refractivity contribution is -0.384. The molecule has 3 aromatic rings. The number of amidine groups is 1. The van der Waals surface area contributed by atoms with Crippen LogP contribution in [0.25, 0.3) is 6.08 Å². The summed E-state index contributed by atoms with van der Waals surface area (Å²) < 4.78 is 6.32. The number of amides is 1. The first-order chi connectivity index (χ1) is 15.5. The van der Waals surface area contributed by atoms with Crippen molar-refractivity contribution in [3.63, 3.8) is 0 Å². The van der Waals surface area contributed by atoms with Crippen LogP contribution in [-0.4, -0.2) is 16.0 Å². The van der Waals surface area contributed by atoms with Crippen LogP contribution in [0, 0.1) is 10.1 Å². The Balaban J connectivity index is 1.48. The molecule has 1 amide bonds. The standard InChI is InChI=1S/C23H16BrN3O4S/c24-19-13-17(27(29)30)9-10-20(19)25-23-26-22(28)21(32-23)12-16-7-4-8-18(11-16)31-14-15-5-2-1-3-6-15/h1-13H,14H2,(H,25,26,28)/b21-12+. The number of carbonyl (C=O) groups is 1. The Hall–Kier alpha value is -3.43. The molecule has 9 heteroatoms. The Morgan fingerprint density at radius 1 is 1.09 bits per heavy atom. The molecule has 1 N–H and O–H groups in total. The van der Waals surface area contributed by atoms with Crippen LogP contribution in [0.5, 0.6) is 5.75 Å². The first kappa shape index (κ1) is 21.8. The van der Waals surface area contributed by atoms with Crippen molar-refractivity contribution in [3.05, 3.63) is 103 Å². The normalized spacial score (nSPS) is 15.7. The molecule has 1 fully saturated rings. The Labute approximate surface area is 196 Å². The van der Waals surface area contributed by atoms with Crippen LogP contribution < -0.4 is 10.1 Å². The second kappa shape index (κ2) is 9.80. The topological polar surface area (TPSA) is 93.8 Å². The minimum atomic E-state index is -0.480. The number of nitro groups is 1. The molecule has 32 heavy (non-hydrogen) atoms. The van der Waals surface area contributed by atoms with E-state index >= 15 is 0 Å². The molecule has 4 rings (SSSR count). The molecule has 0 radical (unpaired) electrons. The molecule has 0 bridgehead atoms. The van der Waals surface area contributed by atoms with Gasteiger partial charge in [-0.25, -0.2) is 4.99 Å². The third kappa shape index (κ3) is 5.43. The van der Waals surface area contributed by atoms with Crippen LogP contribution in [0.3, 0.4) is 0 Å². The molecule has 0 atom stereocenters. The molecule has 1 aliphatic heterocycles. The number of hydrogen-bond acceptors (Lipinski definition) is 6. The molecule has 7 nitrogen and oxygen atoms in total. The summed E-state index contributed by atoms with van der Waals surface area (Å²) in [6, 6.07) is 21.6. The van der Waals surface area contributed by atoms with Crippen molar-refractivity contribution in [3.8, 4) is 5.75 Å². The fourth-order valence-corrected chi connectivity index (χ4v) is 4.17. The van der Waals surface area contributed by atoms with Crippen LogP contribution in [0.1, 0.15) is 11.1 Å². The fourth-order valence-electron chi connectivity index (χ4n) is 2.88. The van der Waals surface area contributed by atoms with Crippen LogP contribution in [0.2, 0.25) is 0 Å². The predicted molar refractivity (Wildman–Crippen MR) is 129 cm³/mol. The van der Waals surface area contributed by atoms with Crippen molar-refractivity contribution in [2.75, 3.05) is 0 Å². The molecule has 0 spiro atoms. The zero-order chi connectivity index (χ0) is 22.5. The lowest BCUT2D eigenvalue weighted by Crippen LogP contribution is -2.19. The summed E-state index contributed by atoms with van der Waals surface area (Å²) in [7, 11) is 0. The number of thioether (sulfide) groups is 1. The predicted octanol–water partition coefficient (Wildman–Crippen LogP) is 5.83. The highest BCUT2D eigenvalue weighted by Gasteiger charge is 2.24. The molecule has 1 aliphatic rings. The van der Waals surface area contributed by atoms with Gasteiger partial charge in [0.2, 0.25) is 0 Å². The first-order valence-electron chi connectivity index (χ1n) is 9.48. The van der Waals surface area contributed by atoms with Gasteiger partial charge in [0.25, 0.3) is 11.6 Å². The summed E-state index contributed by atoms with van der Waals surface area (Å²) in [6.45, 7) is 0.455. The number of nitrogens with zero attached hydrogens (tertiary/aromatic N) is 2. The number of hydrogen-bond donors (Lipinski definition) is 1. The molecule has 1 heterocycles. The highest BCUT2D eigenvalue weighted by atomic mass is 79.9. The quantitative estimate of drug-likeness (QED) is 0.256. The Kier molecular flexibility index (Phi) is 6.67. The van der Waals surface area contributed by atoms with E-state index in [1.54, 1.807) is 6.08 Å². The van der Waals surface area contributed by atoms with Crippen LogP contribution >= 0.6 is 27.7 Å². The maximum absolute atomic E-state index is 12.4. The maximum atomic E-state index is 12.4. The monoisotopic (exact) mass is 509 g/mol. The second-order valence-corrected chi connectivity index (χ2v) is 8.61. The maximum Gasteiger partial charge on any atom is 0.270 e. The molecule has 160 valence electrons. The molecule has 0 unspecified atom stereocenters. The molecular formula is C23H16BrN3O4S. The van der Waals surface area contributed by atoms with Crippen molar-refractivity contribution in [1.82, 2.24) is 5.32 Å². The van der Waals surface area contributed by atoms with Crippen molar-refractivity contribution in [1.29, 1.82) is 0 Å². The van der Waals surface area contributed by atoms with E-state index in [4.69, 9.17) is 4.74 Å². The molecule has 0 aliphatic carbocycles. The smallest absolute Gasteiger partial charge is 0.270 e. The number of ether oxygens (including phenoxy) is 1. The summed E-state index contributed by atoms with van der Waals surface area (Å²) >= 11 is 4.48. The molecular weight excluding hydrogens is 494 g/mol. The summed E-state index contributed by atoms with van der Waals surface area (Å²) in [6.07, 6.45) is 1.77. The van der Waals surface area contributed by atoms with Crippen LogP contribution in [-0.2, 0) is 11.4 Å². The number of aliphatic imine (C=N–C) groups is 1. The van der Waals surface area contributed by atoms with E-state index in [2.05, 4.69) is 26.2 Å².